The highest BCUT2D eigenvalue weighted by Crippen LogP contribution is 2.36. The second-order valence-corrected chi connectivity index (χ2v) is 9.18. The normalized spacial score (nSPS) is 15.0. The molecule has 5 nitrogen and oxygen atoms in total. The van der Waals surface area contributed by atoms with Gasteiger partial charge < -0.3 is 9.30 Å². The first-order valence-corrected chi connectivity index (χ1v) is 12.1. The average molecular weight is 489 g/mol. The Balaban J connectivity index is 1.35. The Hall–Kier alpha value is -3.48. The predicted molar refractivity (Wildman–Crippen MR) is 138 cm³/mol. The Morgan fingerprint density at radius 1 is 0.912 bits per heavy atom. The van der Waals surface area contributed by atoms with Gasteiger partial charge in [-0.3, -0.25) is 9.59 Å². The van der Waals surface area contributed by atoms with Crippen LogP contribution in [0.25, 0.3) is 17.0 Å². The Morgan fingerprint density at radius 3 is 2.47 bits per heavy atom. The average Bonchev–Trinajstić information content (AvgIpc) is 3.34. The molecule has 3 aromatic carbocycles. The van der Waals surface area contributed by atoms with Crippen molar-refractivity contribution in [1.29, 1.82) is 0 Å². The number of aromatic nitrogens is 1. The molecule has 0 aliphatic carbocycles. The number of thioether (sulfide) groups is 1. The van der Waals surface area contributed by atoms with Gasteiger partial charge in [0.15, 0.2) is 0 Å². The van der Waals surface area contributed by atoms with Gasteiger partial charge in [0.1, 0.15) is 5.75 Å². The summed E-state index contributed by atoms with van der Waals surface area (Å²) in [6.07, 6.45) is 4.62. The highest BCUT2D eigenvalue weighted by Gasteiger charge is 2.36. The standard InChI is InChI=1S/C27H21ClN2O3S/c28-22-12-5-7-14-24(22)33-16-8-15-29-18-19(21-11-4-6-13-23(21)29)17-25-26(31)30(27(32)34-25)20-9-2-1-3-10-20/h1-7,9-14,17-18H,8,15-16H2/b25-17-. The zero-order chi connectivity index (χ0) is 23.5. The molecule has 5 rings (SSSR count). The molecule has 1 aliphatic rings. The maximum Gasteiger partial charge on any atom is 0.298 e. The lowest BCUT2D eigenvalue weighted by atomic mass is 10.1. The third-order valence-electron chi connectivity index (χ3n) is 5.55. The van der Waals surface area contributed by atoms with E-state index in [2.05, 4.69) is 10.6 Å². The SMILES string of the molecule is O=C1S/C(=C\c2cn(CCCOc3ccccc3Cl)c3ccccc23)C(=O)N1c1ccccc1. The van der Waals surface area contributed by atoms with Crippen molar-refractivity contribution in [3.05, 3.63) is 101 Å². The highest BCUT2D eigenvalue weighted by molar-refractivity contribution is 8.19. The van der Waals surface area contributed by atoms with E-state index in [9.17, 15) is 9.59 Å². The summed E-state index contributed by atoms with van der Waals surface area (Å²) in [5.74, 6) is 0.377. The van der Waals surface area contributed by atoms with Crippen LogP contribution >= 0.6 is 23.4 Å². The van der Waals surface area contributed by atoms with Gasteiger partial charge in [-0.25, -0.2) is 4.90 Å². The van der Waals surface area contributed by atoms with E-state index < -0.39 is 0 Å². The Kier molecular flexibility index (Phi) is 6.43. The molecule has 1 aliphatic heterocycles. The summed E-state index contributed by atoms with van der Waals surface area (Å²) in [4.78, 5) is 27.2. The van der Waals surface area contributed by atoms with Crippen LogP contribution in [0.3, 0.4) is 0 Å². The number of anilines is 1. The van der Waals surface area contributed by atoms with Crippen molar-refractivity contribution in [2.45, 2.75) is 13.0 Å². The molecule has 0 radical (unpaired) electrons. The maximum atomic E-state index is 13.0. The molecule has 0 saturated carbocycles. The molecule has 0 bridgehead atoms. The van der Waals surface area contributed by atoms with E-state index >= 15 is 0 Å². The molecule has 1 aromatic heterocycles. The first-order valence-electron chi connectivity index (χ1n) is 10.9. The minimum Gasteiger partial charge on any atom is -0.492 e. The number of ether oxygens (including phenoxy) is 1. The van der Waals surface area contributed by atoms with Gasteiger partial charge in [-0.15, -0.1) is 0 Å². The third kappa shape index (κ3) is 4.47. The number of halogens is 1. The topological polar surface area (TPSA) is 51.5 Å². The van der Waals surface area contributed by atoms with Gasteiger partial charge in [0.2, 0.25) is 0 Å². The van der Waals surface area contributed by atoms with E-state index in [0.29, 0.717) is 28.0 Å². The zero-order valence-corrected chi connectivity index (χ0v) is 19.8. The molecule has 0 spiro atoms. The summed E-state index contributed by atoms with van der Waals surface area (Å²) in [6.45, 7) is 1.27. The minimum absolute atomic E-state index is 0.289. The number of aryl methyl sites for hydroxylation is 1. The number of carbonyl (C=O) groups is 2. The summed E-state index contributed by atoms with van der Waals surface area (Å²) in [5, 5.41) is 1.34. The molecule has 2 heterocycles. The lowest BCUT2D eigenvalue weighted by Gasteiger charge is -2.11. The summed E-state index contributed by atoms with van der Waals surface area (Å²) >= 11 is 7.13. The van der Waals surface area contributed by atoms with Gasteiger partial charge in [-0.1, -0.05) is 60.1 Å². The van der Waals surface area contributed by atoms with Crippen molar-refractivity contribution >= 4 is 57.2 Å². The van der Waals surface area contributed by atoms with Gasteiger partial charge in [0.25, 0.3) is 11.1 Å². The van der Waals surface area contributed by atoms with Crippen LogP contribution in [0.1, 0.15) is 12.0 Å². The van der Waals surface area contributed by atoms with Gasteiger partial charge in [0, 0.05) is 29.2 Å². The number of rotatable bonds is 7. The van der Waals surface area contributed by atoms with E-state index in [-0.39, 0.29) is 11.1 Å². The summed E-state index contributed by atoms with van der Waals surface area (Å²) in [7, 11) is 0. The van der Waals surface area contributed by atoms with Crippen LogP contribution in [0.4, 0.5) is 10.5 Å². The number of amides is 2. The van der Waals surface area contributed by atoms with Gasteiger partial charge in [-0.05, 0) is 54.6 Å². The van der Waals surface area contributed by atoms with Crippen molar-refractivity contribution in [3.8, 4) is 5.75 Å². The number of nitrogens with zero attached hydrogens (tertiary/aromatic N) is 2. The van der Waals surface area contributed by atoms with Crippen molar-refractivity contribution in [2.24, 2.45) is 0 Å². The van der Waals surface area contributed by atoms with Crippen LogP contribution in [0.15, 0.2) is 90.0 Å². The predicted octanol–water partition coefficient (Wildman–Crippen LogP) is 7.00. The van der Waals surface area contributed by atoms with Crippen molar-refractivity contribution in [1.82, 2.24) is 4.57 Å². The number of imide groups is 1. The number of fused-ring (bicyclic) bond motifs is 1. The van der Waals surface area contributed by atoms with Gasteiger partial charge in [-0.2, -0.15) is 0 Å². The molecule has 0 unspecified atom stereocenters. The Morgan fingerprint density at radius 2 is 1.65 bits per heavy atom. The molecule has 1 fully saturated rings. The van der Waals surface area contributed by atoms with Gasteiger partial charge in [0.05, 0.1) is 22.2 Å². The molecule has 170 valence electrons. The molecule has 34 heavy (non-hydrogen) atoms. The molecule has 0 N–H and O–H groups in total. The first kappa shape index (κ1) is 22.3. The Bertz CT molecular complexity index is 1400. The lowest BCUT2D eigenvalue weighted by Crippen LogP contribution is -2.27. The molecule has 7 heteroatoms. The van der Waals surface area contributed by atoms with Crippen LogP contribution < -0.4 is 9.64 Å². The van der Waals surface area contributed by atoms with E-state index in [1.165, 1.54) is 4.90 Å². The van der Waals surface area contributed by atoms with Crippen molar-refractivity contribution in [3.63, 3.8) is 0 Å². The smallest absolute Gasteiger partial charge is 0.298 e. The minimum atomic E-state index is -0.300. The quantitative estimate of drug-likeness (QED) is 0.207. The number of para-hydroxylation sites is 3. The largest absolute Gasteiger partial charge is 0.492 e. The second-order valence-electron chi connectivity index (χ2n) is 7.78. The monoisotopic (exact) mass is 488 g/mol. The van der Waals surface area contributed by atoms with Crippen LogP contribution in [-0.4, -0.2) is 22.3 Å². The van der Waals surface area contributed by atoms with Gasteiger partial charge >= 0.3 is 0 Å². The summed E-state index contributed by atoms with van der Waals surface area (Å²) < 4.78 is 7.97. The lowest BCUT2D eigenvalue weighted by molar-refractivity contribution is -0.113. The molecule has 4 aromatic rings. The van der Waals surface area contributed by atoms with E-state index in [1.807, 2.05) is 72.9 Å². The van der Waals surface area contributed by atoms with Crippen LogP contribution in [0, 0.1) is 0 Å². The van der Waals surface area contributed by atoms with E-state index in [4.69, 9.17) is 16.3 Å². The maximum absolute atomic E-state index is 13.0. The van der Waals surface area contributed by atoms with E-state index in [0.717, 1.165) is 41.2 Å². The molecule has 0 atom stereocenters. The molecular formula is C27H21ClN2O3S. The molecule has 1 saturated heterocycles. The molecule has 2 amide bonds. The molecular weight excluding hydrogens is 468 g/mol. The van der Waals surface area contributed by atoms with Crippen LogP contribution in [-0.2, 0) is 11.3 Å². The number of hydrogen-bond acceptors (Lipinski definition) is 4. The third-order valence-corrected chi connectivity index (χ3v) is 6.73. The van der Waals surface area contributed by atoms with Crippen molar-refractivity contribution < 1.29 is 14.3 Å². The fourth-order valence-corrected chi connectivity index (χ4v) is 4.99. The number of carbonyl (C=O) groups excluding carboxylic acids is 2. The summed E-state index contributed by atoms with van der Waals surface area (Å²) in [5.41, 5.74) is 2.55. The van der Waals surface area contributed by atoms with E-state index in [1.54, 1.807) is 12.1 Å². The number of benzene rings is 3. The number of hydrogen-bond donors (Lipinski definition) is 0. The highest BCUT2D eigenvalue weighted by atomic mass is 35.5. The zero-order valence-electron chi connectivity index (χ0n) is 18.2. The van der Waals surface area contributed by atoms with Crippen LogP contribution in [0.5, 0.6) is 5.75 Å². The van der Waals surface area contributed by atoms with Crippen LogP contribution in [0.2, 0.25) is 5.02 Å². The fraction of sp³-hybridized carbons (Fsp3) is 0.111. The summed E-state index contributed by atoms with van der Waals surface area (Å²) in [6, 6.07) is 24.5. The fourth-order valence-electron chi connectivity index (χ4n) is 3.96. The first-order chi connectivity index (χ1) is 16.6. The second kappa shape index (κ2) is 9.79. The Labute approximate surface area is 206 Å². The van der Waals surface area contributed by atoms with Crippen molar-refractivity contribution in [2.75, 3.05) is 11.5 Å².